The van der Waals surface area contributed by atoms with Gasteiger partial charge >= 0.3 is 0 Å². The number of carbonyl (C=O) groups excluding carboxylic acids is 1. The van der Waals surface area contributed by atoms with Gasteiger partial charge < -0.3 is 0 Å². The molecule has 0 aliphatic carbocycles. The molecule has 98 valence electrons. The summed E-state index contributed by atoms with van der Waals surface area (Å²) in [4.78, 5) is 12.1. The fourth-order valence-corrected chi connectivity index (χ4v) is 3.16. The normalized spacial score (nSPS) is 10.5. The maximum atomic E-state index is 13.6. The van der Waals surface area contributed by atoms with Crippen molar-refractivity contribution in [2.75, 3.05) is 0 Å². The fourth-order valence-electron chi connectivity index (χ4n) is 1.67. The summed E-state index contributed by atoms with van der Waals surface area (Å²) in [6.07, 6.45) is -0.0186. The summed E-state index contributed by atoms with van der Waals surface area (Å²) in [6, 6.07) is 9.44. The van der Waals surface area contributed by atoms with E-state index in [1.54, 1.807) is 12.1 Å². The highest BCUT2D eigenvalue weighted by Gasteiger charge is 2.12. The topological polar surface area (TPSA) is 17.1 Å². The highest BCUT2D eigenvalue weighted by molar-refractivity contribution is 9.11. The molecule has 2 aromatic carbocycles. The number of halogens is 4. The lowest BCUT2D eigenvalue weighted by molar-refractivity contribution is 0.0991. The lowest BCUT2D eigenvalue weighted by atomic mass is 10.0. The molecule has 19 heavy (non-hydrogen) atoms. The van der Waals surface area contributed by atoms with Crippen LogP contribution in [0.1, 0.15) is 15.9 Å². The van der Waals surface area contributed by atoms with Crippen molar-refractivity contribution in [3.8, 4) is 0 Å². The molecule has 0 aliphatic heterocycles. The van der Waals surface area contributed by atoms with E-state index < -0.39 is 5.82 Å². The van der Waals surface area contributed by atoms with Gasteiger partial charge in [-0.05, 0) is 42.0 Å². The van der Waals surface area contributed by atoms with Crippen molar-refractivity contribution in [1.29, 1.82) is 0 Å². The number of hydrogen-bond donors (Lipinski definition) is 0. The van der Waals surface area contributed by atoms with E-state index in [1.165, 1.54) is 18.2 Å². The van der Waals surface area contributed by atoms with Crippen LogP contribution < -0.4 is 0 Å². The number of rotatable bonds is 3. The Kier molecular flexibility index (Phi) is 4.76. The van der Waals surface area contributed by atoms with Crippen molar-refractivity contribution in [2.45, 2.75) is 6.42 Å². The number of ketones is 1. The Morgan fingerprint density at radius 1 is 1.11 bits per heavy atom. The molecule has 0 spiro atoms. The van der Waals surface area contributed by atoms with E-state index in [2.05, 4.69) is 31.9 Å². The van der Waals surface area contributed by atoms with Crippen LogP contribution in [0.25, 0.3) is 0 Å². The summed E-state index contributed by atoms with van der Waals surface area (Å²) >= 11 is 12.4. The summed E-state index contributed by atoms with van der Waals surface area (Å²) in [6.45, 7) is 0. The number of benzene rings is 2. The lowest BCUT2D eigenvalue weighted by Gasteiger charge is -2.05. The first-order chi connectivity index (χ1) is 8.95. The van der Waals surface area contributed by atoms with Crippen molar-refractivity contribution < 1.29 is 9.18 Å². The first-order valence-corrected chi connectivity index (χ1v) is 7.35. The van der Waals surface area contributed by atoms with Gasteiger partial charge in [-0.15, -0.1) is 0 Å². The van der Waals surface area contributed by atoms with Crippen LogP contribution in [0.15, 0.2) is 45.3 Å². The van der Waals surface area contributed by atoms with Gasteiger partial charge in [0.2, 0.25) is 0 Å². The molecule has 2 aromatic rings. The van der Waals surface area contributed by atoms with Crippen LogP contribution in [0.5, 0.6) is 0 Å². The molecule has 0 N–H and O–H groups in total. The number of hydrogen-bond acceptors (Lipinski definition) is 1. The Labute approximate surface area is 132 Å². The first kappa shape index (κ1) is 14.7. The minimum absolute atomic E-state index is 0.0186. The van der Waals surface area contributed by atoms with Crippen LogP contribution in [0.4, 0.5) is 4.39 Å². The minimum Gasteiger partial charge on any atom is -0.294 e. The summed E-state index contributed by atoms with van der Waals surface area (Å²) in [5.41, 5.74) is 0.814. The molecule has 0 bridgehead atoms. The van der Waals surface area contributed by atoms with Gasteiger partial charge in [-0.2, -0.15) is 0 Å². The molecule has 0 aromatic heterocycles. The third kappa shape index (κ3) is 3.88. The van der Waals surface area contributed by atoms with Gasteiger partial charge in [-0.1, -0.05) is 43.5 Å². The number of Topliss-reactive ketones (excluding diaryl/α,β-unsaturated/α-hetero) is 1. The maximum absolute atomic E-state index is 13.6. The second kappa shape index (κ2) is 6.16. The van der Waals surface area contributed by atoms with Crippen LogP contribution in [-0.4, -0.2) is 5.78 Å². The molecule has 0 unspecified atom stereocenters. The highest BCUT2D eigenvalue weighted by atomic mass is 79.9. The molecule has 0 radical (unpaired) electrons. The predicted molar refractivity (Wildman–Crippen MR) is 81.3 cm³/mol. The second-order valence-electron chi connectivity index (χ2n) is 3.99. The molecule has 0 amide bonds. The summed E-state index contributed by atoms with van der Waals surface area (Å²) in [5.74, 6) is -0.588. The van der Waals surface area contributed by atoms with Gasteiger partial charge in [-0.3, -0.25) is 4.79 Å². The Morgan fingerprint density at radius 3 is 2.37 bits per heavy atom. The maximum Gasteiger partial charge on any atom is 0.167 e. The molecule has 0 fully saturated rings. The average Bonchev–Trinajstić information content (AvgIpc) is 2.32. The SMILES string of the molecule is O=C(Cc1cc(Cl)ccc1F)c1cc(Br)cc(Br)c1. The van der Waals surface area contributed by atoms with E-state index in [-0.39, 0.29) is 12.2 Å². The molecule has 0 saturated carbocycles. The molecular weight excluding hydrogens is 398 g/mol. The summed E-state index contributed by atoms with van der Waals surface area (Å²) in [7, 11) is 0. The van der Waals surface area contributed by atoms with Gasteiger partial charge in [0.1, 0.15) is 5.82 Å². The van der Waals surface area contributed by atoms with Crippen LogP contribution in [0, 0.1) is 5.82 Å². The van der Waals surface area contributed by atoms with Crippen LogP contribution in [-0.2, 0) is 6.42 Å². The minimum atomic E-state index is -0.424. The third-order valence-electron chi connectivity index (χ3n) is 2.54. The third-order valence-corrected chi connectivity index (χ3v) is 3.69. The Hall–Kier alpha value is -0.710. The first-order valence-electron chi connectivity index (χ1n) is 5.39. The van der Waals surface area contributed by atoms with Crippen molar-refractivity contribution >= 4 is 49.2 Å². The highest BCUT2D eigenvalue weighted by Crippen LogP contribution is 2.22. The summed E-state index contributed by atoms with van der Waals surface area (Å²) < 4.78 is 15.2. The van der Waals surface area contributed by atoms with E-state index in [9.17, 15) is 9.18 Å². The van der Waals surface area contributed by atoms with Crippen molar-refractivity contribution in [3.63, 3.8) is 0 Å². The van der Waals surface area contributed by atoms with E-state index in [1.807, 2.05) is 6.07 Å². The Bertz CT molecular complexity index is 623. The van der Waals surface area contributed by atoms with Crippen molar-refractivity contribution in [2.24, 2.45) is 0 Å². The quantitative estimate of drug-likeness (QED) is 0.621. The van der Waals surface area contributed by atoms with Gasteiger partial charge in [0.05, 0.1) is 0 Å². The van der Waals surface area contributed by atoms with Crippen molar-refractivity contribution in [1.82, 2.24) is 0 Å². The van der Waals surface area contributed by atoms with Crippen molar-refractivity contribution in [3.05, 3.63) is 67.3 Å². The smallest absolute Gasteiger partial charge is 0.167 e. The van der Waals surface area contributed by atoms with Gasteiger partial charge in [-0.25, -0.2) is 4.39 Å². The second-order valence-corrected chi connectivity index (χ2v) is 6.26. The zero-order chi connectivity index (χ0) is 14.0. The average molecular weight is 406 g/mol. The largest absolute Gasteiger partial charge is 0.294 e. The molecule has 2 rings (SSSR count). The van der Waals surface area contributed by atoms with Crippen LogP contribution in [0.2, 0.25) is 5.02 Å². The van der Waals surface area contributed by atoms with E-state index in [0.717, 1.165) is 8.95 Å². The molecule has 1 nitrogen and oxygen atoms in total. The molecule has 0 atom stereocenters. The molecule has 0 saturated heterocycles. The standard InChI is InChI=1S/C14H8Br2ClFO/c15-10-3-9(4-11(16)7-10)14(19)6-8-5-12(17)1-2-13(8)18/h1-5,7H,6H2. The molecule has 5 heteroatoms. The zero-order valence-electron chi connectivity index (χ0n) is 9.59. The molecule has 0 aliphatic rings. The van der Waals surface area contributed by atoms with E-state index >= 15 is 0 Å². The molecular formula is C14H8Br2ClFO. The summed E-state index contributed by atoms with van der Waals surface area (Å²) in [5, 5.41) is 0.416. The van der Waals surface area contributed by atoms with Gasteiger partial charge in [0.25, 0.3) is 0 Å². The monoisotopic (exact) mass is 404 g/mol. The lowest BCUT2D eigenvalue weighted by Crippen LogP contribution is -2.05. The Balaban J connectivity index is 2.28. The predicted octanol–water partition coefficient (Wildman–Crippen LogP) is 5.43. The van der Waals surface area contributed by atoms with E-state index in [4.69, 9.17) is 11.6 Å². The number of carbonyl (C=O) groups is 1. The fraction of sp³-hybridized carbons (Fsp3) is 0.0714. The van der Waals surface area contributed by atoms with Gasteiger partial charge in [0.15, 0.2) is 5.78 Å². The molecule has 0 heterocycles. The Morgan fingerprint density at radius 2 is 1.74 bits per heavy atom. The van der Waals surface area contributed by atoms with Gasteiger partial charge in [0, 0.05) is 26.0 Å². The van der Waals surface area contributed by atoms with E-state index in [0.29, 0.717) is 16.1 Å². The van der Waals surface area contributed by atoms with Crippen LogP contribution >= 0.6 is 43.5 Å². The zero-order valence-corrected chi connectivity index (χ0v) is 13.5. The van der Waals surface area contributed by atoms with Crippen LogP contribution in [0.3, 0.4) is 0 Å².